The molecule has 1 rings (SSSR count). The predicted octanol–water partition coefficient (Wildman–Crippen LogP) is 2.12. The number of hydrogen-bond donors (Lipinski definition) is 2. The van der Waals surface area contributed by atoms with Crippen LogP contribution in [-0.2, 0) is 23.9 Å². The lowest BCUT2D eigenvalue weighted by Gasteiger charge is -2.17. The van der Waals surface area contributed by atoms with E-state index >= 15 is 0 Å². The standard InChI is InChI=1S/C10H9F5N2O2/c11-9(12)8-5(2-16)4(1-7(18)19)6(3-17-8)10(13,14)15/h3,9H,1-2,16H2,(H,18,19). The predicted molar refractivity (Wildman–Crippen MR) is 53.4 cm³/mol. The van der Waals surface area contributed by atoms with Crippen molar-refractivity contribution < 1.29 is 31.9 Å². The van der Waals surface area contributed by atoms with Gasteiger partial charge in [0.25, 0.3) is 6.43 Å². The fraction of sp³-hybridized carbons (Fsp3) is 0.400. The van der Waals surface area contributed by atoms with E-state index in [1.54, 1.807) is 0 Å². The van der Waals surface area contributed by atoms with E-state index in [0.717, 1.165) is 0 Å². The van der Waals surface area contributed by atoms with Crippen LogP contribution >= 0.6 is 0 Å². The summed E-state index contributed by atoms with van der Waals surface area (Å²) >= 11 is 0. The van der Waals surface area contributed by atoms with E-state index in [0.29, 0.717) is 0 Å². The Labute approximate surface area is 104 Å². The number of nitrogens with zero attached hydrogens (tertiary/aromatic N) is 1. The Hall–Kier alpha value is -1.77. The van der Waals surface area contributed by atoms with Gasteiger partial charge in [0.15, 0.2) is 0 Å². The topological polar surface area (TPSA) is 76.2 Å². The summed E-state index contributed by atoms with van der Waals surface area (Å²) in [7, 11) is 0. The van der Waals surface area contributed by atoms with Crippen molar-refractivity contribution in [3.8, 4) is 0 Å². The van der Waals surface area contributed by atoms with Gasteiger partial charge in [-0.3, -0.25) is 9.78 Å². The summed E-state index contributed by atoms with van der Waals surface area (Å²) in [6, 6.07) is 0. The zero-order valence-electron chi connectivity index (χ0n) is 9.34. The molecular formula is C10H9F5N2O2. The number of nitrogens with two attached hydrogens (primary N) is 1. The Kier molecular flexibility index (Phi) is 4.40. The lowest BCUT2D eigenvalue weighted by Crippen LogP contribution is -2.19. The summed E-state index contributed by atoms with van der Waals surface area (Å²) < 4.78 is 63.3. The van der Waals surface area contributed by atoms with Crippen LogP contribution in [0.25, 0.3) is 0 Å². The van der Waals surface area contributed by atoms with Crippen LogP contribution in [0.15, 0.2) is 6.20 Å². The van der Waals surface area contributed by atoms with Gasteiger partial charge < -0.3 is 10.8 Å². The highest BCUT2D eigenvalue weighted by molar-refractivity contribution is 5.71. The molecule has 1 aromatic rings. The molecule has 106 valence electrons. The quantitative estimate of drug-likeness (QED) is 0.830. The zero-order valence-corrected chi connectivity index (χ0v) is 9.34. The molecule has 0 aromatic carbocycles. The van der Waals surface area contributed by atoms with Crippen LogP contribution in [0.1, 0.15) is 28.8 Å². The van der Waals surface area contributed by atoms with Crippen LogP contribution in [0, 0.1) is 0 Å². The number of alkyl halides is 5. The highest BCUT2D eigenvalue weighted by Crippen LogP contribution is 2.35. The van der Waals surface area contributed by atoms with Crippen LogP contribution in [0.3, 0.4) is 0 Å². The molecule has 0 bridgehead atoms. The molecule has 19 heavy (non-hydrogen) atoms. The van der Waals surface area contributed by atoms with E-state index in [2.05, 4.69) is 4.98 Å². The number of aromatic nitrogens is 1. The van der Waals surface area contributed by atoms with E-state index in [-0.39, 0.29) is 6.20 Å². The fourth-order valence-electron chi connectivity index (χ4n) is 1.62. The number of carboxylic acids is 1. The van der Waals surface area contributed by atoms with Crippen molar-refractivity contribution in [1.82, 2.24) is 4.98 Å². The van der Waals surface area contributed by atoms with Gasteiger partial charge in [0, 0.05) is 12.7 Å². The molecule has 0 saturated carbocycles. The van der Waals surface area contributed by atoms with Crippen LogP contribution in [0.5, 0.6) is 0 Å². The number of aliphatic carboxylic acids is 1. The van der Waals surface area contributed by atoms with Gasteiger partial charge >= 0.3 is 12.1 Å². The molecule has 1 heterocycles. The van der Waals surface area contributed by atoms with Crippen molar-refractivity contribution in [1.29, 1.82) is 0 Å². The minimum Gasteiger partial charge on any atom is -0.481 e. The summed E-state index contributed by atoms with van der Waals surface area (Å²) in [5.74, 6) is -1.58. The highest BCUT2D eigenvalue weighted by Gasteiger charge is 2.36. The van der Waals surface area contributed by atoms with Crippen molar-refractivity contribution >= 4 is 5.97 Å². The Morgan fingerprint density at radius 2 is 1.95 bits per heavy atom. The monoisotopic (exact) mass is 284 g/mol. The van der Waals surface area contributed by atoms with E-state index in [4.69, 9.17) is 10.8 Å². The number of pyridine rings is 1. The minimum atomic E-state index is -4.89. The average molecular weight is 284 g/mol. The smallest absolute Gasteiger partial charge is 0.418 e. The van der Waals surface area contributed by atoms with Gasteiger partial charge in [0.1, 0.15) is 5.69 Å². The van der Waals surface area contributed by atoms with Gasteiger partial charge in [-0.25, -0.2) is 8.78 Å². The van der Waals surface area contributed by atoms with Gasteiger partial charge in [-0.2, -0.15) is 13.2 Å². The maximum atomic E-state index is 12.7. The minimum absolute atomic E-state index is 0.207. The molecule has 0 spiro atoms. The fourth-order valence-corrected chi connectivity index (χ4v) is 1.62. The SMILES string of the molecule is NCc1c(C(F)F)ncc(C(F)(F)F)c1CC(=O)O. The number of carbonyl (C=O) groups is 1. The lowest BCUT2D eigenvalue weighted by atomic mass is 9.98. The highest BCUT2D eigenvalue weighted by atomic mass is 19.4. The summed E-state index contributed by atoms with van der Waals surface area (Å²) in [5.41, 5.74) is 1.51. The van der Waals surface area contributed by atoms with Crippen molar-refractivity contribution in [2.75, 3.05) is 0 Å². The summed E-state index contributed by atoms with van der Waals surface area (Å²) in [6.07, 6.45) is -8.86. The molecule has 0 unspecified atom stereocenters. The molecular weight excluding hydrogens is 275 g/mol. The molecule has 0 saturated heterocycles. The number of rotatable bonds is 4. The number of carboxylic acid groups (broad SMARTS) is 1. The van der Waals surface area contributed by atoms with Crippen LogP contribution in [0.4, 0.5) is 22.0 Å². The first-order valence-electron chi connectivity index (χ1n) is 4.96. The average Bonchev–Trinajstić information content (AvgIpc) is 2.25. The molecule has 0 aliphatic heterocycles. The third-order valence-corrected chi connectivity index (χ3v) is 2.38. The summed E-state index contributed by atoms with van der Waals surface area (Å²) in [4.78, 5) is 13.6. The van der Waals surface area contributed by atoms with Crippen molar-refractivity contribution in [3.63, 3.8) is 0 Å². The Balaban J connectivity index is 3.55. The summed E-state index contributed by atoms with van der Waals surface area (Å²) in [5, 5.41) is 8.59. The van der Waals surface area contributed by atoms with E-state index in [9.17, 15) is 26.7 Å². The van der Waals surface area contributed by atoms with Crippen molar-refractivity contribution in [2.45, 2.75) is 25.6 Å². The normalized spacial score (nSPS) is 11.9. The molecule has 0 atom stereocenters. The van der Waals surface area contributed by atoms with Crippen LogP contribution < -0.4 is 5.73 Å². The Morgan fingerprint density at radius 1 is 1.37 bits per heavy atom. The second-order valence-electron chi connectivity index (χ2n) is 3.59. The summed E-state index contributed by atoms with van der Waals surface area (Å²) in [6.45, 7) is -0.654. The number of hydrogen-bond acceptors (Lipinski definition) is 3. The maximum absolute atomic E-state index is 12.7. The largest absolute Gasteiger partial charge is 0.481 e. The Bertz CT molecular complexity index is 488. The molecule has 0 aliphatic carbocycles. The van der Waals surface area contributed by atoms with Gasteiger partial charge in [-0.05, 0) is 11.1 Å². The van der Waals surface area contributed by atoms with Gasteiger partial charge in [-0.1, -0.05) is 0 Å². The first kappa shape index (κ1) is 15.3. The molecule has 0 aliphatic rings. The zero-order chi connectivity index (χ0) is 14.8. The van der Waals surface area contributed by atoms with Crippen LogP contribution in [-0.4, -0.2) is 16.1 Å². The molecule has 0 amide bonds. The molecule has 0 fully saturated rings. The molecule has 1 aromatic heterocycles. The molecule has 4 nitrogen and oxygen atoms in total. The van der Waals surface area contributed by atoms with Crippen LogP contribution in [0.2, 0.25) is 0 Å². The molecule has 9 heteroatoms. The van der Waals surface area contributed by atoms with Gasteiger partial charge in [0.05, 0.1) is 12.0 Å². The van der Waals surface area contributed by atoms with Crippen molar-refractivity contribution in [3.05, 3.63) is 28.6 Å². The third kappa shape index (κ3) is 3.37. The number of halogens is 5. The van der Waals surface area contributed by atoms with E-state index in [1.807, 2.05) is 0 Å². The second kappa shape index (κ2) is 5.47. The van der Waals surface area contributed by atoms with Crippen molar-refractivity contribution in [2.24, 2.45) is 5.73 Å². The van der Waals surface area contributed by atoms with E-state index < -0.39 is 53.9 Å². The lowest BCUT2D eigenvalue weighted by molar-refractivity contribution is -0.140. The third-order valence-electron chi connectivity index (χ3n) is 2.38. The first-order chi connectivity index (χ1) is 8.68. The second-order valence-corrected chi connectivity index (χ2v) is 3.59. The maximum Gasteiger partial charge on any atom is 0.418 e. The molecule has 0 radical (unpaired) electrons. The first-order valence-corrected chi connectivity index (χ1v) is 4.96. The Morgan fingerprint density at radius 3 is 2.32 bits per heavy atom. The van der Waals surface area contributed by atoms with Gasteiger partial charge in [0.2, 0.25) is 0 Å². The van der Waals surface area contributed by atoms with Gasteiger partial charge in [-0.15, -0.1) is 0 Å². The molecule has 3 N–H and O–H groups in total. The van der Waals surface area contributed by atoms with E-state index in [1.165, 1.54) is 0 Å².